The summed E-state index contributed by atoms with van der Waals surface area (Å²) < 4.78 is 0. The first-order valence-corrected chi connectivity index (χ1v) is 11.1. The Hall–Kier alpha value is -1.35. The van der Waals surface area contributed by atoms with Gasteiger partial charge in [0.05, 0.1) is 5.41 Å². The molecule has 6 rings (SSSR count). The molecule has 0 radical (unpaired) electrons. The molecule has 1 aromatic rings. The number of rotatable bonds is 3. The highest BCUT2D eigenvalue weighted by Gasteiger charge is 2.65. The number of amides is 1. The number of benzene rings is 1. The van der Waals surface area contributed by atoms with E-state index in [1.165, 1.54) is 24.8 Å². The summed E-state index contributed by atoms with van der Waals surface area (Å²) >= 11 is 0. The van der Waals surface area contributed by atoms with Crippen LogP contribution in [0.3, 0.4) is 0 Å². The van der Waals surface area contributed by atoms with E-state index in [0.717, 1.165) is 51.2 Å². The van der Waals surface area contributed by atoms with Gasteiger partial charge in [0, 0.05) is 25.7 Å². The van der Waals surface area contributed by atoms with Gasteiger partial charge in [0.1, 0.15) is 0 Å². The van der Waals surface area contributed by atoms with Crippen molar-refractivity contribution in [3.63, 3.8) is 0 Å². The summed E-state index contributed by atoms with van der Waals surface area (Å²) in [5.41, 5.74) is 1.93. The maximum atomic E-state index is 14.0. The zero-order chi connectivity index (χ0) is 18.7. The van der Waals surface area contributed by atoms with Crippen LogP contribution in [0.25, 0.3) is 0 Å². The smallest absolute Gasteiger partial charge is 0.229 e. The maximum Gasteiger partial charge on any atom is 0.229 e. The van der Waals surface area contributed by atoms with Crippen LogP contribution in [0.15, 0.2) is 30.3 Å². The van der Waals surface area contributed by atoms with E-state index in [1.54, 1.807) is 0 Å². The van der Waals surface area contributed by atoms with Crippen LogP contribution >= 0.6 is 0 Å². The van der Waals surface area contributed by atoms with Crippen molar-refractivity contribution in [3.05, 3.63) is 35.9 Å². The van der Waals surface area contributed by atoms with E-state index in [-0.39, 0.29) is 10.8 Å². The minimum absolute atomic E-state index is 0.116. The molecule has 3 heteroatoms. The number of carbonyl (C=O) groups excluding carboxylic acids is 1. The minimum atomic E-state index is -0.116. The average Bonchev–Trinajstić information content (AvgIpc) is 2.66. The van der Waals surface area contributed by atoms with E-state index in [2.05, 4.69) is 54.4 Å². The molecule has 4 saturated carbocycles. The molecule has 1 heterocycles. The fraction of sp³-hybridized carbons (Fsp3) is 0.708. The first kappa shape index (κ1) is 17.7. The zero-order valence-corrected chi connectivity index (χ0v) is 17.0. The van der Waals surface area contributed by atoms with Crippen molar-refractivity contribution in [1.29, 1.82) is 0 Å². The molecule has 4 aliphatic carbocycles. The highest BCUT2D eigenvalue weighted by Crippen LogP contribution is 2.70. The van der Waals surface area contributed by atoms with Crippen molar-refractivity contribution in [2.45, 2.75) is 70.3 Å². The van der Waals surface area contributed by atoms with Crippen LogP contribution in [-0.4, -0.2) is 36.5 Å². The Kier molecular flexibility index (Phi) is 3.99. The summed E-state index contributed by atoms with van der Waals surface area (Å²) in [6, 6.07) is 11.5. The van der Waals surface area contributed by atoms with Gasteiger partial charge in [-0.2, -0.15) is 0 Å². The monoisotopic (exact) mass is 366 g/mol. The van der Waals surface area contributed by atoms with Crippen molar-refractivity contribution in [1.82, 2.24) is 10.2 Å². The standard InChI is InChI=1S/C24H34N2O/c1-3-20-14-25-9-10-26(20)21(27)24-13-18-11-22(2,16-24)15-23(12-18,17-24)19-7-5-4-6-8-19/h4-8,18,20,25H,3,9-17H2,1-2H3. The summed E-state index contributed by atoms with van der Waals surface area (Å²) in [5.74, 6) is 1.21. The van der Waals surface area contributed by atoms with Crippen LogP contribution in [0.4, 0.5) is 0 Å². The van der Waals surface area contributed by atoms with Gasteiger partial charge in [-0.1, -0.05) is 44.2 Å². The fourth-order valence-corrected chi connectivity index (χ4v) is 7.97. The SMILES string of the molecule is CCC1CNCCN1C(=O)C12CC3CC(C)(C1)CC(c1ccccc1)(C3)C2. The Morgan fingerprint density at radius 1 is 1.15 bits per heavy atom. The predicted octanol–water partition coefficient (Wildman–Crippen LogP) is 4.13. The molecule has 5 fully saturated rings. The minimum Gasteiger partial charge on any atom is -0.337 e. The van der Waals surface area contributed by atoms with Gasteiger partial charge < -0.3 is 10.2 Å². The van der Waals surface area contributed by atoms with Gasteiger partial charge in [-0.05, 0) is 67.3 Å². The molecule has 0 spiro atoms. The lowest BCUT2D eigenvalue weighted by Gasteiger charge is -2.66. The van der Waals surface area contributed by atoms with Gasteiger partial charge in [0.2, 0.25) is 5.91 Å². The quantitative estimate of drug-likeness (QED) is 0.872. The highest BCUT2D eigenvalue weighted by molar-refractivity contribution is 5.84. The van der Waals surface area contributed by atoms with Crippen molar-refractivity contribution >= 4 is 5.91 Å². The van der Waals surface area contributed by atoms with Crippen molar-refractivity contribution in [2.75, 3.05) is 19.6 Å². The lowest BCUT2D eigenvalue weighted by atomic mass is 9.38. The molecule has 0 aromatic heterocycles. The maximum absolute atomic E-state index is 14.0. The molecule has 27 heavy (non-hydrogen) atoms. The Morgan fingerprint density at radius 2 is 1.96 bits per heavy atom. The van der Waals surface area contributed by atoms with Crippen LogP contribution in [0.1, 0.15) is 64.4 Å². The van der Waals surface area contributed by atoms with Crippen molar-refractivity contribution < 1.29 is 4.79 Å². The van der Waals surface area contributed by atoms with Crippen LogP contribution in [-0.2, 0) is 10.2 Å². The van der Waals surface area contributed by atoms with E-state index in [0.29, 0.717) is 17.4 Å². The number of nitrogens with zero attached hydrogens (tertiary/aromatic N) is 1. The molecule has 5 aliphatic rings. The molecule has 1 N–H and O–H groups in total. The summed E-state index contributed by atoms with van der Waals surface area (Å²) in [6.07, 6.45) is 8.28. The van der Waals surface area contributed by atoms with Gasteiger partial charge in [0.25, 0.3) is 0 Å². The molecule has 146 valence electrons. The van der Waals surface area contributed by atoms with E-state index in [4.69, 9.17) is 0 Å². The van der Waals surface area contributed by atoms with E-state index in [1.807, 2.05) is 0 Å². The number of hydrogen-bond acceptors (Lipinski definition) is 2. The Labute approximate surface area is 163 Å². The lowest BCUT2D eigenvalue weighted by Crippen LogP contribution is -2.65. The van der Waals surface area contributed by atoms with E-state index >= 15 is 0 Å². The van der Waals surface area contributed by atoms with Crippen LogP contribution < -0.4 is 5.32 Å². The van der Waals surface area contributed by atoms with Gasteiger partial charge in [0.15, 0.2) is 0 Å². The van der Waals surface area contributed by atoms with Gasteiger partial charge in [-0.3, -0.25) is 4.79 Å². The van der Waals surface area contributed by atoms with Gasteiger partial charge in [-0.25, -0.2) is 0 Å². The predicted molar refractivity (Wildman–Crippen MR) is 109 cm³/mol. The average molecular weight is 367 g/mol. The second kappa shape index (κ2) is 6.07. The summed E-state index contributed by atoms with van der Waals surface area (Å²) in [7, 11) is 0. The van der Waals surface area contributed by atoms with Gasteiger partial charge >= 0.3 is 0 Å². The molecular formula is C24H34N2O. The molecule has 5 unspecified atom stereocenters. The first-order chi connectivity index (χ1) is 13.0. The zero-order valence-electron chi connectivity index (χ0n) is 17.0. The van der Waals surface area contributed by atoms with Gasteiger partial charge in [-0.15, -0.1) is 0 Å². The molecule has 4 bridgehead atoms. The largest absolute Gasteiger partial charge is 0.337 e. The third-order valence-corrected chi connectivity index (χ3v) is 8.27. The molecular weight excluding hydrogens is 332 g/mol. The molecule has 1 amide bonds. The summed E-state index contributed by atoms with van der Waals surface area (Å²) in [5, 5.41) is 3.49. The molecule has 3 nitrogen and oxygen atoms in total. The number of hydrogen-bond donors (Lipinski definition) is 1. The summed E-state index contributed by atoms with van der Waals surface area (Å²) in [4.78, 5) is 16.3. The lowest BCUT2D eigenvalue weighted by molar-refractivity contribution is -0.173. The molecule has 1 aliphatic heterocycles. The fourth-order valence-electron chi connectivity index (χ4n) is 7.97. The highest BCUT2D eigenvalue weighted by atomic mass is 16.2. The second-order valence-electron chi connectivity index (χ2n) is 10.5. The molecule has 5 atom stereocenters. The van der Waals surface area contributed by atoms with E-state index < -0.39 is 0 Å². The normalized spacial score (nSPS) is 43.1. The third kappa shape index (κ3) is 2.68. The van der Waals surface area contributed by atoms with Crippen molar-refractivity contribution in [3.8, 4) is 0 Å². The van der Waals surface area contributed by atoms with Crippen LogP contribution in [0.5, 0.6) is 0 Å². The number of nitrogens with one attached hydrogen (secondary N) is 1. The molecule has 1 saturated heterocycles. The topological polar surface area (TPSA) is 32.3 Å². The Balaban J connectivity index is 1.53. The third-order valence-electron chi connectivity index (χ3n) is 8.27. The van der Waals surface area contributed by atoms with E-state index in [9.17, 15) is 4.79 Å². The van der Waals surface area contributed by atoms with Crippen LogP contribution in [0.2, 0.25) is 0 Å². The van der Waals surface area contributed by atoms with Crippen LogP contribution in [0, 0.1) is 16.7 Å². The molecule has 1 aromatic carbocycles. The Bertz CT molecular complexity index is 733. The second-order valence-corrected chi connectivity index (χ2v) is 10.5. The van der Waals surface area contributed by atoms with Crippen molar-refractivity contribution in [2.24, 2.45) is 16.7 Å². The Morgan fingerprint density at radius 3 is 2.70 bits per heavy atom. The first-order valence-electron chi connectivity index (χ1n) is 11.1. The number of piperazine rings is 1. The number of carbonyl (C=O) groups is 1. The summed E-state index contributed by atoms with van der Waals surface area (Å²) in [6.45, 7) is 7.50.